The van der Waals surface area contributed by atoms with Crippen LogP contribution in [-0.4, -0.2) is 33.3 Å². The molecule has 0 heterocycles. The zero-order valence-corrected chi connectivity index (χ0v) is 12.9. The van der Waals surface area contributed by atoms with Crippen molar-refractivity contribution in [3.8, 4) is 5.75 Å². The Hall–Kier alpha value is -1.22. The van der Waals surface area contributed by atoms with Crippen LogP contribution >= 0.6 is 0 Å². The highest BCUT2D eigenvalue weighted by Crippen LogP contribution is 2.19. The molecule has 3 nitrogen and oxygen atoms in total. The van der Waals surface area contributed by atoms with Crippen LogP contribution in [0.5, 0.6) is 5.75 Å². The average molecular weight is 276 g/mol. The van der Waals surface area contributed by atoms with E-state index in [4.69, 9.17) is 4.74 Å². The number of nitrogens with zero attached hydrogens (tertiary/aromatic N) is 1. The van der Waals surface area contributed by atoms with E-state index in [9.17, 15) is 0 Å². The Morgan fingerprint density at radius 3 is 2.45 bits per heavy atom. The summed E-state index contributed by atoms with van der Waals surface area (Å²) >= 11 is 0. The maximum atomic E-state index is 5.18. The van der Waals surface area contributed by atoms with Crippen molar-refractivity contribution in [3.05, 3.63) is 24.3 Å². The molecule has 0 unspecified atom stereocenters. The number of methoxy groups -OCH3 is 1. The standard InChI is InChI=1S/C17H28N2O/c1-19(16-9-11-17(20-2)12-10-16)14-6-4-3-5-13-18-15-7-8-15/h9-12,15,18H,3-8,13-14H2,1-2H3. The van der Waals surface area contributed by atoms with Crippen LogP contribution in [0.25, 0.3) is 0 Å². The molecule has 1 fully saturated rings. The summed E-state index contributed by atoms with van der Waals surface area (Å²) in [5.74, 6) is 0.922. The molecule has 1 aromatic carbocycles. The zero-order chi connectivity index (χ0) is 14.2. The predicted octanol–water partition coefficient (Wildman–Crippen LogP) is 3.44. The highest BCUT2D eigenvalue weighted by atomic mass is 16.5. The molecule has 1 saturated carbocycles. The Morgan fingerprint density at radius 2 is 1.80 bits per heavy atom. The van der Waals surface area contributed by atoms with E-state index in [1.165, 1.54) is 50.8 Å². The molecular formula is C17H28N2O. The van der Waals surface area contributed by atoms with Gasteiger partial charge in [-0.2, -0.15) is 0 Å². The van der Waals surface area contributed by atoms with E-state index in [1.807, 2.05) is 12.1 Å². The number of rotatable bonds is 10. The van der Waals surface area contributed by atoms with Crippen LogP contribution in [0.15, 0.2) is 24.3 Å². The minimum Gasteiger partial charge on any atom is -0.497 e. The van der Waals surface area contributed by atoms with Gasteiger partial charge in [0, 0.05) is 25.3 Å². The van der Waals surface area contributed by atoms with E-state index in [2.05, 4.69) is 29.4 Å². The lowest BCUT2D eigenvalue weighted by Gasteiger charge is -2.19. The van der Waals surface area contributed by atoms with Gasteiger partial charge in [-0.05, 0) is 56.5 Å². The maximum absolute atomic E-state index is 5.18. The minimum absolute atomic E-state index is 0.858. The summed E-state index contributed by atoms with van der Waals surface area (Å²) in [6.07, 6.45) is 8.05. The number of hydrogen-bond donors (Lipinski definition) is 1. The average Bonchev–Trinajstić information content (AvgIpc) is 3.30. The molecule has 0 aromatic heterocycles. The first kappa shape index (κ1) is 15.2. The van der Waals surface area contributed by atoms with Crippen molar-refractivity contribution in [1.29, 1.82) is 0 Å². The molecule has 0 atom stereocenters. The van der Waals surface area contributed by atoms with Gasteiger partial charge in [-0.3, -0.25) is 0 Å². The Labute approximate surface area is 123 Å². The SMILES string of the molecule is COc1ccc(N(C)CCCCCCNC2CC2)cc1. The number of anilines is 1. The van der Waals surface area contributed by atoms with Crippen molar-refractivity contribution in [2.75, 3.05) is 32.1 Å². The smallest absolute Gasteiger partial charge is 0.119 e. The fourth-order valence-electron chi connectivity index (χ4n) is 2.39. The summed E-state index contributed by atoms with van der Waals surface area (Å²) in [4.78, 5) is 2.32. The number of unbranched alkanes of at least 4 members (excludes halogenated alkanes) is 3. The van der Waals surface area contributed by atoms with Crippen LogP contribution in [-0.2, 0) is 0 Å². The highest BCUT2D eigenvalue weighted by molar-refractivity contribution is 5.48. The van der Waals surface area contributed by atoms with Gasteiger partial charge in [-0.15, -0.1) is 0 Å². The first-order valence-electron chi connectivity index (χ1n) is 7.88. The molecule has 1 aromatic rings. The lowest BCUT2D eigenvalue weighted by molar-refractivity contribution is 0.415. The molecule has 1 N–H and O–H groups in total. The normalized spacial score (nSPS) is 14.3. The molecule has 0 saturated heterocycles. The van der Waals surface area contributed by atoms with Crippen molar-refractivity contribution in [1.82, 2.24) is 5.32 Å². The van der Waals surface area contributed by atoms with Crippen molar-refractivity contribution < 1.29 is 4.74 Å². The Kier molecular flexibility index (Phi) is 6.19. The molecular weight excluding hydrogens is 248 g/mol. The molecule has 0 aliphatic heterocycles. The monoisotopic (exact) mass is 276 g/mol. The lowest BCUT2D eigenvalue weighted by atomic mass is 10.2. The van der Waals surface area contributed by atoms with Crippen molar-refractivity contribution in [2.24, 2.45) is 0 Å². The lowest BCUT2D eigenvalue weighted by Crippen LogP contribution is -2.19. The van der Waals surface area contributed by atoms with Gasteiger partial charge in [0.2, 0.25) is 0 Å². The van der Waals surface area contributed by atoms with Gasteiger partial charge < -0.3 is 15.0 Å². The first-order chi connectivity index (χ1) is 9.79. The van der Waals surface area contributed by atoms with Gasteiger partial charge in [-0.25, -0.2) is 0 Å². The van der Waals surface area contributed by atoms with Crippen LogP contribution in [0, 0.1) is 0 Å². The van der Waals surface area contributed by atoms with Crippen LogP contribution < -0.4 is 15.0 Å². The predicted molar refractivity (Wildman–Crippen MR) is 85.8 cm³/mol. The largest absolute Gasteiger partial charge is 0.497 e. The maximum Gasteiger partial charge on any atom is 0.119 e. The highest BCUT2D eigenvalue weighted by Gasteiger charge is 2.19. The quantitative estimate of drug-likeness (QED) is 0.663. The second-order valence-corrected chi connectivity index (χ2v) is 5.76. The summed E-state index contributed by atoms with van der Waals surface area (Å²) in [5.41, 5.74) is 1.27. The molecule has 20 heavy (non-hydrogen) atoms. The summed E-state index contributed by atoms with van der Waals surface area (Å²) in [7, 11) is 3.87. The summed E-state index contributed by atoms with van der Waals surface area (Å²) in [5, 5.41) is 3.57. The molecule has 112 valence electrons. The van der Waals surface area contributed by atoms with Crippen LogP contribution in [0.4, 0.5) is 5.69 Å². The summed E-state index contributed by atoms with van der Waals surface area (Å²) in [6.45, 7) is 2.33. The number of benzene rings is 1. The third kappa shape index (κ3) is 5.41. The van der Waals surface area contributed by atoms with Gasteiger partial charge >= 0.3 is 0 Å². The third-order valence-electron chi connectivity index (χ3n) is 3.94. The molecule has 1 aliphatic rings. The molecule has 0 amide bonds. The van der Waals surface area contributed by atoms with Crippen molar-refractivity contribution in [2.45, 2.75) is 44.6 Å². The van der Waals surface area contributed by atoms with Crippen LogP contribution in [0.3, 0.4) is 0 Å². The summed E-state index contributed by atoms with van der Waals surface area (Å²) < 4.78 is 5.18. The van der Waals surface area contributed by atoms with Gasteiger partial charge in [0.1, 0.15) is 5.75 Å². The van der Waals surface area contributed by atoms with E-state index in [0.717, 1.165) is 18.3 Å². The van der Waals surface area contributed by atoms with Gasteiger partial charge in [0.05, 0.1) is 7.11 Å². The van der Waals surface area contributed by atoms with E-state index in [-0.39, 0.29) is 0 Å². The Balaban J connectivity index is 1.53. The topological polar surface area (TPSA) is 24.5 Å². The van der Waals surface area contributed by atoms with E-state index in [1.54, 1.807) is 7.11 Å². The molecule has 0 spiro atoms. The molecule has 2 rings (SSSR count). The second kappa shape index (κ2) is 8.15. The van der Waals surface area contributed by atoms with Crippen LogP contribution in [0.1, 0.15) is 38.5 Å². The number of nitrogens with one attached hydrogen (secondary N) is 1. The van der Waals surface area contributed by atoms with Gasteiger partial charge in [-0.1, -0.05) is 12.8 Å². The third-order valence-corrected chi connectivity index (χ3v) is 3.94. The fraction of sp³-hybridized carbons (Fsp3) is 0.647. The van der Waals surface area contributed by atoms with E-state index >= 15 is 0 Å². The van der Waals surface area contributed by atoms with E-state index in [0.29, 0.717) is 0 Å². The second-order valence-electron chi connectivity index (χ2n) is 5.76. The number of hydrogen-bond acceptors (Lipinski definition) is 3. The summed E-state index contributed by atoms with van der Waals surface area (Å²) in [6, 6.07) is 9.15. The first-order valence-corrected chi connectivity index (χ1v) is 7.88. The minimum atomic E-state index is 0.858. The molecule has 0 bridgehead atoms. The Bertz CT molecular complexity index is 373. The van der Waals surface area contributed by atoms with Crippen molar-refractivity contribution in [3.63, 3.8) is 0 Å². The number of ether oxygens (including phenoxy) is 1. The van der Waals surface area contributed by atoms with Crippen LogP contribution in [0.2, 0.25) is 0 Å². The Morgan fingerprint density at radius 1 is 1.10 bits per heavy atom. The fourth-order valence-corrected chi connectivity index (χ4v) is 2.39. The van der Waals surface area contributed by atoms with Gasteiger partial charge in [0.25, 0.3) is 0 Å². The molecule has 0 radical (unpaired) electrons. The molecule has 1 aliphatic carbocycles. The van der Waals surface area contributed by atoms with E-state index < -0.39 is 0 Å². The van der Waals surface area contributed by atoms with Gasteiger partial charge in [0.15, 0.2) is 0 Å². The molecule has 3 heteroatoms. The zero-order valence-electron chi connectivity index (χ0n) is 12.9. The van der Waals surface area contributed by atoms with Crippen molar-refractivity contribution >= 4 is 5.69 Å².